The van der Waals surface area contributed by atoms with E-state index in [1.807, 2.05) is 66.7 Å². The van der Waals surface area contributed by atoms with E-state index in [9.17, 15) is 0 Å². The summed E-state index contributed by atoms with van der Waals surface area (Å²) >= 11 is 0. The van der Waals surface area contributed by atoms with Crippen molar-refractivity contribution >= 4 is 181 Å². The maximum atomic E-state index is 18.2. The van der Waals surface area contributed by atoms with Gasteiger partial charge in [-0.1, -0.05) is 329 Å². The summed E-state index contributed by atoms with van der Waals surface area (Å²) in [5.74, 6) is 2.98. The Balaban J connectivity index is 0.000000151. The summed E-state index contributed by atoms with van der Waals surface area (Å²) in [5.41, 5.74) is 23.5. The fraction of sp³-hybridized carbons (Fsp3) is 0.0476. The molecule has 2 aliphatic heterocycles. The number of hydrogen-bond donors (Lipinski definition) is 0. The molecule has 0 amide bonds. The minimum atomic E-state index is -1.50. The van der Waals surface area contributed by atoms with Gasteiger partial charge in [-0.25, -0.2) is 4.39 Å². The van der Waals surface area contributed by atoms with Crippen molar-refractivity contribution < 1.29 is 18.3 Å². The summed E-state index contributed by atoms with van der Waals surface area (Å²) in [4.78, 5) is 9.21. The number of nitrogens with zero attached hydrogens (tertiary/aromatic N) is 4. The van der Waals surface area contributed by atoms with Gasteiger partial charge in [-0.15, -0.1) is 0 Å². The van der Waals surface area contributed by atoms with Crippen LogP contribution < -0.4 is 39.4 Å². The van der Waals surface area contributed by atoms with Gasteiger partial charge in [-0.2, -0.15) is 0 Å². The Bertz CT molecular complexity index is 8630. The molecule has 0 saturated carbocycles. The molecule has 0 spiro atoms. The molecule has 1 aromatic heterocycles. The minimum absolute atomic E-state index is 0.326. The van der Waals surface area contributed by atoms with Crippen LogP contribution in [0.2, 0.25) is 39.3 Å². The van der Waals surface area contributed by atoms with E-state index in [0.29, 0.717) is 5.69 Å². The zero-order valence-corrected chi connectivity index (χ0v) is 78.2. The molecule has 136 heavy (non-hydrogen) atoms. The van der Waals surface area contributed by atoms with Gasteiger partial charge < -0.3 is 33.5 Å². The van der Waals surface area contributed by atoms with Gasteiger partial charge in [-0.3, -0.25) is 0 Å². The predicted molar refractivity (Wildman–Crippen MR) is 577 cm³/mol. The van der Waals surface area contributed by atoms with Crippen molar-refractivity contribution in [2.75, 3.05) is 19.6 Å². The van der Waals surface area contributed by atoms with Crippen molar-refractivity contribution in [1.29, 1.82) is 0 Å². The van der Waals surface area contributed by atoms with Crippen LogP contribution in [0.25, 0.3) is 142 Å². The molecule has 10 heteroatoms. The first-order valence-corrected chi connectivity index (χ1v) is 53.7. The van der Waals surface area contributed by atoms with Crippen LogP contribution in [0.4, 0.5) is 72.6 Å². The number of anilines is 12. The Kier molecular flexibility index (Phi) is 20.4. The maximum absolute atomic E-state index is 18.2. The Morgan fingerprint density at radius 2 is 0.566 bits per heavy atom. The molecule has 0 fully saturated rings. The summed E-state index contributed by atoms with van der Waals surface area (Å²) in [6.45, 7) is 14.3. The van der Waals surface area contributed by atoms with Crippen LogP contribution in [-0.2, 0) is 0 Å². The molecule has 0 saturated heterocycles. The third-order valence-corrected chi connectivity index (χ3v) is 31.3. The first kappa shape index (κ1) is 82.5. The summed E-state index contributed by atoms with van der Waals surface area (Å²) in [5, 5.41) is 18.4. The lowest BCUT2D eigenvalue weighted by atomic mass is 9.88. The van der Waals surface area contributed by atoms with Gasteiger partial charge in [0.1, 0.15) is 40.0 Å². The average molecular weight is 1790 g/mol. The molecule has 0 atom stereocenters. The number of ether oxygens (including phenoxy) is 2. The Morgan fingerprint density at radius 1 is 0.199 bits per heavy atom. The standard InChI is InChI=1S/C69H51FN2OSi.C57H42N2O2Si/c1-74(2,3)53-38-35-51(36-39-53)71(50-27-14-7-15-28-50)52-37-40-57-62-44-60-55-30-16-17-31-56(55)65(45-61(60)58-32-20-34-66(68(58)62)73-67(57)43-52)72(64-33-19-18-29-54(64)47-23-10-5-11-24-47)69-59(48-25-12-6-13-26-48)41-49(42-63(69)70)46-21-8-4-9-22-46;1-62(2,3)42-29-25-39(26-30-42)58(37-15-6-4-7-16-37)41-27-31-46-51-35-48-43-19-10-11-20-44(43)52(36-49(48)47-22-14-24-55(57(47)51)61-56(46)34-41)59(38-17-8-5-9-18-38)40-28-32-54-50(33-40)45-21-12-13-23-53(45)60-54/h4-45H,1-3H3;4-36H,1-3H3. The molecule has 0 radical (unpaired) electrons. The third-order valence-electron chi connectivity index (χ3n) is 27.2. The smallest absolute Gasteiger partial charge is 0.148 e. The van der Waals surface area contributed by atoms with Crippen LogP contribution in [0.1, 0.15) is 0 Å². The fourth-order valence-corrected chi connectivity index (χ4v) is 23.0. The highest BCUT2D eigenvalue weighted by molar-refractivity contribution is 6.89. The molecule has 0 N–H and O–H groups in total. The lowest BCUT2D eigenvalue weighted by molar-refractivity contribution is 0.487. The van der Waals surface area contributed by atoms with E-state index in [4.69, 9.17) is 13.9 Å². The molecule has 0 aliphatic carbocycles. The van der Waals surface area contributed by atoms with Gasteiger partial charge in [0.2, 0.25) is 0 Å². The van der Waals surface area contributed by atoms with Gasteiger partial charge in [0.25, 0.3) is 0 Å². The number of furan rings is 1. The lowest BCUT2D eigenvalue weighted by Gasteiger charge is -2.32. The van der Waals surface area contributed by atoms with Gasteiger partial charge in [0, 0.05) is 112 Å². The van der Waals surface area contributed by atoms with Crippen molar-refractivity contribution in [3.63, 3.8) is 0 Å². The van der Waals surface area contributed by atoms with Gasteiger partial charge in [0.05, 0.1) is 38.9 Å². The van der Waals surface area contributed by atoms with Crippen LogP contribution in [-0.4, -0.2) is 16.1 Å². The SMILES string of the molecule is C[Si](C)(C)c1ccc(N(c2ccccc2)c2ccc3c(c2)Oc2cccc4c2c-3cc2c3ccccc3c(N(c3ccccc3)c3ccc5oc6ccccc6c5c3)cc42)cc1.C[Si](C)(C)c1ccc(N(c2ccccc2)c2ccc3c(c2)Oc2cccc4c2c-3cc2c3ccccc3c(N(c3ccccc3-c3ccccc3)c3c(F)cc(-c5ccccc5)cc3-c3ccccc3)cc42)cc1. The summed E-state index contributed by atoms with van der Waals surface area (Å²) in [7, 11) is -2.97. The zero-order chi connectivity index (χ0) is 91.4. The molecule has 7 nitrogen and oxygen atoms in total. The summed E-state index contributed by atoms with van der Waals surface area (Å²) in [6, 6.07) is 161. The highest BCUT2D eigenvalue weighted by atomic mass is 28.3. The number of para-hydroxylation sites is 5. The van der Waals surface area contributed by atoms with Crippen molar-refractivity contribution in [3.05, 3.63) is 461 Å². The monoisotopic (exact) mass is 1780 g/mol. The molecule has 2 aliphatic rings. The molecular formula is C126H93FN4O3Si2. The van der Waals surface area contributed by atoms with E-state index < -0.39 is 16.1 Å². The Labute approximate surface area is 792 Å². The number of hydrogen-bond acceptors (Lipinski definition) is 7. The van der Waals surface area contributed by atoms with E-state index in [1.165, 1.54) is 37.5 Å². The van der Waals surface area contributed by atoms with E-state index in [1.54, 1.807) is 6.07 Å². The summed E-state index contributed by atoms with van der Waals surface area (Å²) in [6.07, 6.45) is 0. The van der Waals surface area contributed by atoms with E-state index in [-0.39, 0.29) is 5.82 Å². The van der Waals surface area contributed by atoms with Crippen LogP contribution in [0.15, 0.2) is 459 Å². The molecule has 0 unspecified atom stereocenters. The van der Waals surface area contributed by atoms with Gasteiger partial charge >= 0.3 is 0 Å². The minimum Gasteiger partial charge on any atom is -0.456 e. The Morgan fingerprint density at radius 3 is 1.06 bits per heavy atom. The second-order valence-electron chi connectivity index (χ2n) is 37.5. The molecule has 650 valence electrons. The molecule has 22 aromatic carbocycles. The van der Waals surface area contributed by atoms with Crippen molar-refractivity contribution in [3.8, 4) is 78.6 Å². The Hall–Kier alpha value is -16.6. The van der Waals surface area contributed by atoms with Crippen LogP contribution >= 0.6 is 0 Å². The van der Waals surface area contributed by atoms with Crippen molar-refractivity contribution in [2.45, 2.75) is 39.3 Å². The number of halogens is 1. The van der Waals surface area contributed by atoms with Gasteiger partial charge in [0.15, 0.2) is 0 Å². The lowest BCUT2D eigenvalue weighted by Crippen LogP contribution is -2.37. The van der Waals surface area contributed by atoms with Crippen LogP contribution in [0.3, 0.4) is 0 Å². The quantitative estimate of drug-likeness (QED) is 0.0665. The fourth-order valence-electron chi connectivity index (χ4n) is 20.6. The predicted octanol–water partition coefficient (Wildman–Crippen LogP) is 35.8. The largest absolute Gasteiger partial charge is 0.456 e. The van der Waals surface area contributed by atoms with Crippen molar-refractivity contribution in [1.82, 2.24) is 0 Å². The van der Waals surface area contributed by atoms with Gasteiger partial charge in [-0.05, 0) is 240 Å². The second-order valence-corrected chi connectivity index (χ2v) is 47.7. The molecule has 25 rings (SSSR count). The third kappa shape index (κ3) is 14.6. The van der Waals surface area contributed by atoms with Crippen molar-refractivity contribution in [2.24, 2.45) is 0 Å². The van der Waals surface area contributed by atoms with Crippen LogP contribution in [0, 0.1) is 5.82 Å². The summed E-state index contributed by atoms with van der Waals surface area (Å²) < 4.78 is 38.5. The van der Waals surface area contributed by atoms with E-state index in [0.717, 1.165) is 201 Å². The second kappa shape index (κ2) is 33.6. The number of rotatable bonds is 17. The van der Waals surface area contributed by atoms with E-state index >= 15 is 4.39 Å². The van der Waals surface area contributed by atoms with E-state index in [2.05, 4.69) is 441 Å². The first-order chi connectivity index (χ1) is 66.6. The maximum Gasteiger partial charge on any atom is 0.148 e. The normalized spacial score (nSPS) is 12.1. The highest BCUT2D eigenvalue weighted by Gasteiger charge is 2.33. The van der Waals surface area contributed by atoms with Crippen LogP contribution in [0.5, 0.6) is 23.0 Å². The molecule has 3 heterocycles. The molecular weight excluding hydrogens is 1690 g/mol. The zero-order valence-electron chi connectivity index (χ0n) is 76.2. The molecule has 0 bridgehead atoms. The topological polar surface area (TPSA) is 44.6 Å². The first-order valence-electron chi connectivity index (χ1n) is 46.7. The molecule has 23 aromatic rings. The number of benzene rings is 22. The number of fused-ring (bicyclic) bond motifs is 15. The highest BCUT2D eigenvalue weighted by Crippen LogP contribution is 2.58. The average Bonchev–Trinajstić information content (AvgIpc) is 0.894.